The Morgan fingerprint density at radius 1 is 1.31 bits per heavy atom. The Labute approximate surface area is 192 Å². The molecule has 0 spiro atoms. The van der Waals surface area contributed by atoms with Gasteiger partial charge in [-0.1, -0.05) is 11.2 Å². The van der Waals surface area contributed by atoms with Crippen LogP contribution in [0.2, 0.25) is 0 Å². The van der Waals surface area contributed by atoms with Gasteiger partial charge in [0.15, 0.2) is 5.96 Å². The van der Waals surface area contributed by atoms with E-state index in [9.17, 15) is 4.79 Å². The number of halogens is 1. The summed E-state index contributed by atoms with van der Waals surface area (Å²) in [5.74, 6) is 0.815. The van der Waals surface area contributed by atoms with Crippen LogP contribution in [0.1, 0.15) is 10.6 Å². The van der Waals surface area contributed by atoms with E-state index >= 15 is 0 Å². The van der Waals surface area contributed by atoms with Crippen LogP contribution in [0.15, 0.2) is 39.4 Å². The molecular formula is C19H29IN6O2S. The van der Waals surface area contributed by atoms with Gasteiger partial charge in [0.1, 0.15) is 12.8 Å². The average Bonchev–Trinajstić information content (AvgIpc) is 3.39. The summed E-state index contributed by atoms with van der Waals surface area (Å²) in [6.45, 7) is 5.31. The number of hydrogen-bond donors (Lipinski definition) is 1. The number of nitrogens with one attached hydrogen (secondary N) is 1. The Hall–Kier alpha value is -1.66. The van der Waals surface area contributed by atoms with Gasteiger partial charge in [-0.3, -0.25) is 9.69 Å². The largest absolute Gasteiger partial charge is 0.364 e. The predicted octanol–water partition coefficient (Wildman–Crippen LogP) is 1.75. The normalized spacial score (nSPS) is 15.1. The van der Waals surface area contributed by atoms with Gasteiger partial charge in [0.2, 0.25) is 5.91 Å². The molecule has 160 valence electrons. The van der Waals surface area contributed by atoms with Crippen molar-refractivity contribution >= 4 is 47.2 Å². The van der Waals surface area contributed by atoms with Crippen molar-refractivity contribution in [1.82, 2.24) is 25.2 Å². The first-order valence-electron chi connectivity index (χ1n) is 9.49. The molecule has 3 rings (SSSR count). The molecule has 2 aromatic heterocycles. The highest BCUT2D eigenvalue weighted by atomic mass is 127. The molecule has 2 aromatic rings. The Kier molecular flexibility index (Phi) is 9.88. The van der Waals surface area contributed by atoms with Crippen molar-refractivity contribution < 1.29 is 9.32 Å². The van der Waals surface area contributed by atoms with Crippen molar-refractivity contribution in [3.63, 3.8) is 0 Å². The third kappa shape index (κ3) is 7.59. The van der Waals surface area contributed by atoms with Crippen LogP contribution < -0.4 is 5.32 Å². The van der Waals surface area contributed by atoms with Crippen LogP contribution in [-0.4, -0.2) is 85.1 Å². The van der Waals surface area contributed by atoms with Gasteiger partial charge in [0.05, 0.1) is 5.69 Å². The fourth-order valence-electron chi connectivity index (χ4n) is 2.97. The molecule has 1 saturated heterocycles. The molecule has 0 radical (unpaired) electrons. The number of guanidine groups is 1. The lowest BCUT2D eigenvalue weighted by Crippen LogP contribution is -2.52. The third-order valence-electron chi connectivity index (χ3n) is 4.65. The Balaban J connectivity index is 0.00000300. The highest BCUT2D eigenvalue weighted by Crippen LogP contribution is 2.09. The molecule has 0 bridgehead atoms. The summed E-state index contributed by atoms with van der Waals surface area (Å²) in [7, 11) is 3.51. The van der Waals surface area contributed by atoms with Gasteiger partial charge in [-0.05, 0) is 17.9 Å². The van der Waals surface area contributed by atoms with Gasteiger partial charge in [-0.15, -0.1) is 35.3 Å². The monoisotopic (exact) mass is 532 g/mol. The summed E-state index contributed by atoms with van der Waals surface area (Å²) in [6, 6.07) is 6.11. The average molecular weight is 532 g/mol. The zero-order valence-electron chi connectivity index (χ0n) is 16.9. The van der Waals surface area contributed by atoms with Gasteiger partial charge in [0, 0.05) is 64.3 Å². The molecule has 0 aliphatic carbocycles. The molecule has 0 aromatic carbocycles. The fraction of sp³-hybridized carbons (Fsp3) is 0.526. The van der Waals surface area contributed by atoms with Crippen LogP contribution in [-0.2, 0) is 17.8 Å². The van der Waals surface area contributed by atoms with E-state index in [-0.39, 0.29) is 36.4 Å². The number of nitrogens with zero attached hydrogens (tertiary/aromatic N) is 5. The summed E-state index contributed by atoms with van der Waals surface area (Å²) < 4.78 is 4.91. The lowest BCUT2D eigenvalue weighted by Gasteiger charge is -2.36. The van der Waals surface area contributed by atoms with E-state index in [1.165, 1.54) is 4.88 Å². The molecule has 1 aliphatic rings. The molecule has 0 saturated carbocycles. The molecule has 0 unspecified atom stereocenters. The minimum Gasteiger partial charge on any atom is -0.364 e. The topological polar surface area (TPSA) is 77.2 Å². The van der Waals surface area contributed by atoms with Crippen molar-refractivity contribution in [1.29, 1.82) is 0 Å². The molecular weight excluding hydrogens is 503 g/mol. The second-order valence-electron chi connectivity index (χ2n) is 6.94. The number of carbonyl (C=O) groups excluding carboxylic acids is 1. The molecule has 10 heteroatoms. The molecule has 8 nitrogen and oxygen atoms in total. The minimum atomic E-state index is 0. The van der Waals surface area contributed by atoms with Crippen LogP contribution in [0.3, 0.4) is 0 Å². The fourth-order valence-corrected chi connectivity index (χ4v) is 3.68. The van der Waals surface area contributed by atoms with Crippen LogP contribution in [0.5, 0.6) is 0 Å². The summed E-state index contributed by atoms with van der Waals surface area (Å²) in [5, 5.41) is 9.53. The van der Waals surface area contributed by atoms with E-state index in [0.717, 1.165) is 57.3 Å². The van der Waals surface area contributed by atoms with E-state index in [2.05, 4.69) is 42.8 Å². The maximum Gasteiger partial charge on any atom is 0.243 e. The highest BCUT2D eigenvalue weighted by molar-refractivity contribution is 14.0. The first-order chi connectivity index (χ1) is 13.6. The van der Waals surface area contributed by atoms with Gasteiger partial charge >= 0.3 is 0 Å². The van der Waals surface area contributed by atoms with Crippen molar-refractivity contribution in [3.05, 3.63) is 40.4 Å². The third-order valence-corrected chi connectivity index (χ3v) is 5.58. The Morgan fingerprint density at radius 3 is 2.72 bits per heavy atom. The molecule has 1 amide bonds. The van der Waals surface area contributed by atoms with E-state index in [4.69, 9.17) is 4.52 Å². The zero-order chi connectivity index (χ0) is 19.8. The Bertz CT molecular complexity index is 743. The maximum absolute atomic E-state index is 12.0. The number of carbonyl (C=O) groups is 1. The van der Waals surface area contributed by atoms with Crippen molar-refractivity contribution in [2.45, 2.75) is 13.0 Å². The zero-order valence-corrected chi connectivity index (χ0v) is 20.1. The standard InChI is InChI=1S/C19H28N6O2S.HI/c1-23(2)18(26)14-21-19(20-7-5-17-4-3-13-28-17)25-10-8-24(9-11-25)15-16-6-12-27-22-16;/h3-4,6,12-13H,5,7-11,14-15H2,1-2H3,(H,20,21);1H. The molecule has 29 heavy (non-hydrogen) atoms. The van der Waals surface area contributed by atoms with Crippen molar-refractivity contribution in [2.75, 3.05) is 53.4 Å². The second kappa shape index (κ2) is 12.1. The first-order valence-corrected chi connectivity index (χ1v) is 10.4. The number of aromatic nitrogens is 1. The second-order valence-corrected chi connectivity index (χ2v) is 7.97. The van der Waals surface area contributed by atoms with Gasteiger partial charge in [0.25, 0.3) is 0 Å². The first kappa shape index (κ1) is 23.6. The van der Waals surface area contributed by atoms with Crippen LogP contribution in [0, 0.1) is 0 Å². The lowest BCUT2D eigenvalue weighted by molar-refractivity contribution is -0.127. The van der Waals surface area contributed by atoms with Crippen molar-refractivity contribution in [3.8, 4) is 0 Å². The number of rotatable bonds is 7. The van der Waals surface area contributed by atoms with Crippen LogP contribution in [0.25, 0.3) is 0 Å². The van der Waals surface area contributed by atoms with E-state index < -0.39 is 0 Å². The number of thiophene rings is 1. The smallest absolute Gasteiger partial charge is 0.243 e. The van der Waals surface area contributed by atoms with Crippen molar-refractivity contribution in [2.24, 2.45) is 4.99 Å². The summed E-state index contributed by atoms with van der Waals surface area (Å²) in [6.07, 6.45) is 2.56. The molecule has 1 N–H and O–H groups in total. The lowest BCUT2D eigenvalue weighted by atomic mass is 10.3. The van der Waals surface area contributed by atoms with Gasteiger partial charge < -0.3 is 19.6 Å². The highest BCUT2D eigenvalue weighted by Gasteiger charge is 2.21. The van der Waals surface area contributed by atoms with E-state index in [1.807, 2.05) is 6.07 Å². The van der Waals surface area contributed by atoms with Gasteiger partial charge in [-0.25, -0.2) is 4.99 Å². The number of aliphatic imine (C=N–C) groups is 1. The number of likely N-dealkylation sites (N-methyl/N-ethyl adjacent to an activating group) is 1. The maximum atomic E-state index is 12.0. The van der Waals surface area contributed by atoms with Crippen LogP contribution in [0.4, 0.5) is 0 Å². The number of piperazine rings is 1. The number of hydrogen-bond acceptors (Lipinski definition) is 6. The Morgan fingerprint density at radius 2 is 2.10 bits per heavy atom. The molecule has 0 atom stereocenters. The quantitative estimate of drug-likeness (QED) is 0.333. The predicted molar refractivity (Wildman–Crippen MR) is 126 cm³/mol. The SMILES string of the molecule is CN(C)C(=O)CN=C(NCCc1cccs1)N1CCN(Cc2ccon2)CC1.I. The van der Waals surface area contributed by atoms with E-state index in [0.29, 0.717) is 0 Å². The molecule has 1 aliphatic heterocycles. The number of amides is 1. The molecule has 1 fully saturated rings. The summed E-state index contributed by atoms with van der Waals surface area (Å²) in [5.41, 5.74) is 0.952. The summed E-state index contributed by atoms with van der Waals surface area (Å²) in [4.78, 5) is 24.1. The minimum absolute atomic E-state index is 0. The summed E-state index contributed by atoms with van der Waals surface area (Å²) >= 11 is 1.76. The van der Waals surface area contributed by atoms with Crippen LogP contribution >= 0.6 is 35.3 Å². The van der Waals surface area contributed by atoms with E-state index in [1.54, 1.807) is 36.6 Å². The molecule has 3 heterocycles. The van der Waals surface area contributed by atoms with Gasteiger partial charge in [-0.2, -0.15) is 0 Å².